The zero-order valence-corrected chi connectivity index (χ0v) is 11.5. The van der Waals surface area contributed by atoms with Gasteiger partial charge in [0.15, 0.2) is 0 Å². The van der Waals surface area contributed by atoms with Crippen LogP contribution in [0.4, 0.5) is 0 Å². The van der Waals surface area contributed by atoms with Crippen molar-refractivity contribution in [1.29, 1.82) is 0 Å². The van der Waals surface area contributed by atoms with Crippen molar-refractivity contribution in [3.8, 4) is 0 Å². The van der Waals surface area contributed by atoms with Crippen LogP contribution in [0.3, 0.4) is 0 Å². The molecule has 94 valence electrons. The molecule has 2 atom stereocenters. The van der Waals surface area contributed by atoms with Gasteiger partial charge in [-0.3, -0.25) is 0 Å². The average molecular weight is 232 g/mol. The van der Waals surface area contributed by atoms with E-state index in [4.69, 9.17) is 0 Å². The highest BCUT2D eigenvalue weighted by Crippen LogP contribution is 2.29. The lowest BCUT2D eigenvalue weighted by molar-refractivity contribution is 0.209. The van der Waals surface area contributed by atoms with Crippen LogP contribution in [0, 0.1) is 13.8 Å². The average Bonchev–Trinajstić information content (AvgIpc) is 2.32. The van der Waals surface area contributed by atoms with Crippen LogP contribution in [0.5, 0.6) is 0 Å². The molecule has 1 aliphatic rings. The van der Waals surface area contributed by atoms with E-state index in [0.717, 1.165) is 13.1 Å². The first kappa shape index (κ1) is 12.6. The molecule has 0 amide bonds. The lowest BCUT2D eigenvalue weighted by atomic mass is 9.83. The van der Waals surface area contributed by atoms with Crippen molar-refractivity contribution >= 4 is 0 Å². The number of piperidine rings is 1. The van der Waals surface area contributed by atoms with E-state index >= 15 is 0 Å². The number of hydrogen-bond acceptors (Lipinski definition) is 2. The monoisotopic (exact) mass is 232 g/mol. The highest BCUT2D eigenvalue weighted by Gasteiger charge is 2.28. The van der Waals surface area contributed by atoms with Crippen molar-refractivity contribution in [2.75, 3.05) is 27.2 Å². The second kappa shape index (κ2) is 5.19. The fraction of sp³-hybridized carbons (Fsp3) is 0.600. The van der Waals surface area contributed by atoms with Gasteiger partial charge in [-0.25, -0.2) is 0 Å². The van der Waals surface area contributed by atoms with Crippen molar-refractivity contribution in [2.24, 2.45) is 0 Å². The van der Waals surface area contributed by atoms with Gasteiger partial charge in [-0.2, -0.15) is 0 Å². The van der Waals surface area contributed by atoms with Gasteiger partial charge in [0.2, 0.25) is 0 Å². The largest absolute Gasteiger partial charge is 0.316 e. The third kappa shape index (κ3) is 2.70. The van der Waals surface area contributed by atoms with Gasteiger partial charge < -0.3 is 10.2 Å². The van der Waals surface area contributed by atoms with Crippen molar-refractivity contribution in [3.63, 3.8) is 0 Å². The van der Waals surface area contributed by atoms with Gasteiger partial charge in [0.1, 0.15) is 0 Å². The number of benzene rings is 1. The third-order valence-corrected chi connectivity index (χ3v) is 3.94. The van der Waals surface area contributed by atoms with Gasteiger partial charge in [0, 0.05) is 18.5 Å². The van der Waals surface area contributed by atoms with Crippen molar-refractivity contribution in [2.45, 2.75) is 32.2 Å². The molecular weight excluding hydrogens is 208 g/mol. The van der Waals surface area contributed by atoms with E-state index in [1.54, 1.807) is 0 Å². The summed E-state index contributed by atoms with van der Waals surface area (Å²) in [4.78, 5) is 2.38. The molecule has 1 aromatic rings. The summed E-state index contributed by atoms with van der Waals surface area (Å²) >= 11 is 0. The molecule has 0 spiro atoms. The van der Waals surface area contributed by atoms with E-state index in [2.05, 4.69) is 56.4 Å². The standard InChI is InChI=1S/C15H24N2/c1-11-5-6-12(2)13(9-11)14-10-16-8-7-15(14)17(3)4/h5-6,9,14-16H,7-8,10H2,1-4H3. The Hall–Kier alpha value is -0.860. The quantitative estimate of drug-likeness (QED) is 0.842. The Kier molecular flexibility index (Phi) is 3.85. The van der Waals surface area contributed by atoms with Crippen molar-refractivity contribution in [1.82, 2.24) is 10.2 Å². The lowest BCUT2D eigenvalue weighted by Crippen LogP contribution is -2.45. The van der Waals surface area contributed by atoms with Gasteiger partial charge in [0.05, 0.1) is 0 Å². The van der Waals surface area contributed by atoms with E-state index < -0.39 is 0 Å². The van der Waals surface area contributed by atoms with Gasteiger partial charge in [-0.1, -0.05) is 23.8 Å². The molecule has 1 aliphatic heterocycles. The smallest absolute Gasteiger partial charge is 0.0182 e. The maximum atomic E-state index is 3.54. The second-order valence-electron chi connectivity index (χ2n) is 5.49. The Morgan fingerprint density at radius 1 is 1.24 bits per heavy atom. The number of likely N-dealkylation sites (N-methyl/N-ethyl adjacent to an activating group) is 1. The zero-order valence-electron chi connectivity index (χ0n) is 11.5. The molecule has 2 heteroatoms. The summed E-state index contributed by atoms with van der Waals surface area (Å²) in [6, 6.07) is 7.49. The maximum absolute atomic E-state index is 3.54. The van der Waals surface area contributed by atoms with E-state index in [0.29, 0.717) is 12.0 Å². The second-order valence-corrected chi connectivity index (χ2v) is 5.49. The van der Waals surface area contributed by atoms with Crippen LogP contribution in [-0.4, -0.2) is 38.1 Å². The maximum Gasteiger partial charge on any atom is 0.0182 e. The molecular formula is C15H24N2. The number of rotatable bonds is 2. The van der Waals surface area contributed by atoms with Crippen molar-refractivity contribution in [3.05, 3.63) is 34.9 Å². The fourth-order valence-electron chi connectivity index (χ4n) is 2.94. The number of nitrogens with zero attached hydrogens (tertiary/aromatic N) is 1. The summed E-state index contributed by atoms with van der Waals surface area (Å²) in [5.74, 6) is 0.624. The molecule has 1 fully saturated rings. The Morgan fingerprint density at radius 2 is 2.00 bits per heavy atom. The first-order valence-electron chi connectivity index (χ1n) is 6.54. The van der Waals surface area contributed by atoms with Crippen LogP contribution in [0.25, 0.3) is 0 Å². The number of nitrogens with one attached hydrogen (secondary N) is 1. The highest BCUT2D eigenvalue weighted by atomic mass is 15.1. The molecule has 0 saturated carbocycles. The van der Waals surface area contributed by atoms with E-state index in [-0.39, 0.29) is 0 Å². The molecule has 2 unspecified atom stereocenters. The lowest BCUT2D eigenvalue weighted by Gasteiger charge is -2.37. The van der Waals surface area contributed by atoms with E-state index in [9.17, 15) is 0 Å². The summed E-state index contributed by atoms with van der Waals surface area (Å²) in [6.07, 6.45) is 1.24. The zero-order chi connectivity index (χ0) is 12.4. The Balaban J connectivity index is 2.32. The van der Waals surface area contributed by atoms with Gasteiger partial charge in [-0.05, 0) is 52.0 Å². The number of hydrogen-bond donors (Lipinski definition) is 1. The predicted molar refractivity (Wildman–Crippen MR) is 73.6 cm³/mol. The molecule has 1 N–H and O–H groups in total. The normalized spacial score (nSPS) is 25.2. The summed E-state index contributed by atoms with van der Waals surface area (Å²) in [7, 11) is 4.40. The van der Waals surface area contributed by atoms with Crippen LogP contribution in [0.15, 0.2) is 18.2 Å². The minimum atomic E-state index is 0.624. The summed E-state index contributed by atoms with van der Waals surface area (Å²) in [5.41, 5.74) is 4.32. The first-order chi connectivity index (χ1) is 8.09. The Labute approximate surface area is 105 Å². The van der Waals surface area contributed by atoms with Crippen LogP contribution in [-0.2, 0) is 0 Å². The van der Waals surface area contributed by atoms with Gasteiger partial charge in [0.25, 0.3) is 0 Å². The van der Waals surface area contributed by atoms with Crippen LogP contribution >= 0.6 is 0 Å². The molecule has 1 saturated heterocycles. The third-order valence-electron chi connectivity index (χ3n) is 3.94. The van der Waals surface area contributed by atoms with E-state index in [1.165, 1.54) is 23.1 Å². The molecule has 0 aromatic heterocycles. The fourth-order valence-corrected chi connectivity index (χ4v) is 2.94. The SMILES string of the molecule is Cc1ccc(C)c(C2CNCCC2N(C)C)c1. The molecule has 1 aromatic carbocycles. The summed E-state index contributed by atoms with van der Waals surface area (Å²) < 4.78 is 0. The van der Waals surface area contributed by atoms with E-state index in [1.807, 2.05) is 0 Å². The molecule has 0 radical (unpaired) electrons. The Bertz CT molecular complexity index is 385. The molecule has 0 aliphatic carbocycles. The number of aryl methyl sites for hydroxylation is 2. The predicted octanol–water partition coefficient (Wildman–Crippen LogP) is 2.31. The van der Waals surface area contributed by atoms with Crippen LogP contribution < -0.4 is 5.32 Å². The molecule has 2 nitrogen and oxygen atoms in total. The molecule has 17 heavy (non-hydrogen) atoms. The topological polar surface area (TPSA) is 15.3 Å². The Morgan fingerprint density at radius 3 is 2.71 bits per heavy atom. The molecule has 2 rings (SSSR count). The van der Waals surface area contributed by atoms with Gasteiger partial charge >= 0.3 is 0 Å². The van der Waals surface area contributed by atoms with Crippen LogP contribution in [0.1, 0.15) is 29.0 Å². The first-order valence-corrected chi connectivity index (χ1v) is 6.54. The highest BCUT2D eigenvalue weighted by molar-refractivity contribution is 5.35. The minimum Gasteiger partial charge on any atom is -0.316 e. The van der Waals surface area contributed by atoms with Crippen LogP contribution in [0.2, 0.25) is 0 Å². The summed E-state index contributed by atoms with van der Waals surface area (Å²) in [5, 5.41) is 3.54. The molecule has 0 bridgehead atoms. The minimum absolute atomic E-state index is 0.624. The van der Waals surface area contributed by atoms with Gasteiger partial charge in [-0.15, -0.1) is 0 Å². The van der Waals surface area contributed by atoms with Crippen molar-refractivity contribution < 1.29 is 0 Å². The summed E-state index contributed by atoms with van der Waals surface area (Å²) in [6.45, 7) is 6.66. The molecule has 1 heterocycles.